The number of hydrogen-bond donors (Lipinski definition) is 1. The molecule has 1 saturated heterocycles. The molecule has 0 aromatic rings. The number of hydrogen-bond acceptors (Lipinski definition) is 2. The maximum atomic E-state index is 10.2. The zero-order chi connectivity index (χ0) is 12.9. The van der Waals surface area contributed by atoms with Gasteiger partial charge in [0.1, 0.15) is 0 Å². The van der Waals surface area contributed by atoms with Gasteiger partial charge < -0.3 is 5.11 Å². The van der Waals surface area contributed by atoms with Gasteiger partial charge >= 0.3 is 0 Å². The first-order valence-electron chi connectivity index (χ1n) is 8.72. The van der Waals surface area contributed by atoms with Crippen molar-refractivity contribution in [2.24, 2.45) is 11.3 Å². The zero-order valence-electron chi connectivity index (χ0n) is 12.2. The van der Waals surface area contributed by atoms with Crippen LogP contribution >= 0.6 is 0 Å². The number of aliphatic hydroxyl groups excluding tert-OH is 1. The van der Waals surface area contributed by atoms with E-state index >= 15 is 0 Å². The molecule has 1 aliphatic heterocycles. The summed E-state index contributed by atoms with van der Waals surface area (Å²) in [5.74, 6) is 1.01. The van der Waals surface area contributed by atoms with Gasteiger partial charge in [0.15, 0.2) is 0 Å². The minimum atomic E-state index is -0.0170. The van der Waals surface area contributed by atoms with E-state index in [4.69, 9.17) is 0 Å². The predicted octanol–water partition coefficient (Wildman–Crippen LogP) is 3.33. The number of nitrogens with zero attached hydrogens (tertiary/aromatic N) is 1. The van der Waals surface area contributed by atoms with Crippen LogP contribution in [0.4, 0.5) is 0 Å². The van der Waals surface area contributed by atoms with Gasteiger partial charge in [-0.2, -0.15) is 0 Å². The van der Waals surface area contributed by atoms with Crippen LogP contribution in [0.3, 0.4) is 0 Å². The first-order chi connectivity index (χ1) is 9.28. The Labute approximate surface area is 117 Å². The molecule has 4 fully saturated rings. The summed E-state index contributed by atoms with van der Waals surface area (Å²) in [6.45, 7) is 1.32. The van der Waals surface area contributed by atoms with E-state index in [0.717, 1.165) is 24.8 Å². The van der Waals surface area contributed by atoms with Crippen molar-refractivity contribution in [2.45, 2.75) is 88.8 Å². The molecule has 3 unspecified atom stereocenters. The van der Waals surface area contributed by atoms with Gasteiger partial charge in [0.2, 0.25) is 0 Å². The molecule has 3 atom stereocenters. The van der Waals surface area contributed by atoms with E-state index in [1.165, 1.54) is 64.3 Å². The Hall–Kier alpha value is -0.0800. The van der Waals surface area contributed by atoms with Crippen molar-refractivity contribution in [1.29, 1.82) is 0 Å². The number of aliphatic hydroxyl groups is 1. The monoisotopic (exact) mass is 263 g/mol. The Morgan fingerprint density at radius 1 is 0.895 bits per heavy atom. The molecule has 0 bridgehead atoms. The van der Waals surface area contributed by atoms with E-state index in [-0.39, 0.29) is 6.10 Å². The van der Waals surface area contributed by atoms with Gasteiger partial charge in [0.25, 0.3) is 0 Å². The molecule has 2 heteroatoms. The van der Waals surface area contributed by atoms with Crippen LogP contribution in [0.5, 0.6) is 0 Å². The van der Waals surface area contributed by atoms with Gasteiger partial charge in [0, 0.05) is 12.1 Å². The number of rotatable bonds is 2. The Morgan fingerprint density at radius 2 is 1.68 bits per heavy atom. The summed E-state index contributed by atoms with van der Waals surface area (Å²) in [5.41, 5.74) is 0.594. The molecule has 108 valence electrons. The maximum Gasteiger partial charge on any atom is 0.0555 e. The third-order valence-corrected chi connectivity index (χ3v) is 6.69. The first kappa shape index (κ1) is 12.6. The highest BCUT2D eigenvalue weighted by Crippen LogP contribution is 2.53. The molecule has 0 aromatic heterocycles. The Balaban J connectivity index is 1.58. The first-order valence-corrected chi connectivity index (χ1v) is 8.72. The fraction of sp³-hybridized carbons (Fsp3) is 1.00. The fourth-order valence-corrected chi connectivity index (χ4v) is 5.58. The molecule has 4 aliphatic rings. The van der Waals surface area contributed by atoms with E-state index in [1.807, 2.05) is 0 Å². The molecule has 0 amide bonds. The van der Waals surface area contributed by atoms with Gasteiger partial charge in [-0.25, -0.2) is 0 Å². The van der Waals surface area contributed by atoms with Crippen LogP contribution in [0.25, 0.3) is 0 Å². The Kier molecular flexibility index (Phi) is 3.15. The standard InChI is InChI=1S/C17H29NO/c19-14-7-10-17(8-1-2-9-17)16(12-14)18-11-3-4-15(18)13-5-6-13/h13-16,19H,1-12H2. The summed E-state index contributed by atoms with van der Waals surface area (Å²) < 4.78 is 0. The van der Waals surface area contributed by atoms with Crippen LogP contribution in [0, 0.1) is 11.3 Å². The van der Waals surface area contributed by atoms with Crippen molar-refractivity contribution in [3.63, 3.8) is 0 Å². The van der Waals surface area contributed by atoms with Crippen molar-refractivity contribution < 1.29 is 5.11 Å². The van der Waals surface area contributed by atoms with Crippen molar-refractivity contribution in [3.8, 4) is 0 Å². The van der Waals surface area contributed by atoms with E-state index in [0.29, 0.717) is 11.5 Å². The molecule has 1 spiro atoms. The molecule has 19 heavy (non-hydrogen) atoms. The van der Waals surface area contributed by atoms with Crippen molar-refractivity contribution in [2.75, 3.05) is 6.54 Å². The maximum absolute atomic E-state index is 10.2. The van der Waals surface area contributed by atoms with E-state index in [9.17, 15) is 5.11 Å². The lowest BCUT2D eigenvalue weighted by Gasteiger charge is -2.49. The lowest BCUT2D eigenvalue weighted by Crippen LogP contribution is -2.53. The summed E-state index contributed by atoms with van der Waals surface area (Å²) in [7, 11) is 0. The van der Waals surface area contributed by atoms with Gasteiger partial charge in [-0.05, 0) is 75.7 Å². The highest BCUT2D eigenvalue weighted by Gasteiger charge is 2.51. The van der Waals surface area contributed by atoms with E-state index in [2.05, 4.69) is 4.90 Å². The minimum absolute atomic E-state index is 0.0170. The van der Waals surface area contributed by atoms with Crippen LogP contribution in [-0.4, -0.2) is 34.7 Å². The molecule has 3 aliphatic carbocycles. The normalized spacial score (nSPS) is 43.1. The second-order valence-corrected chi connectivity index (χ2v) is 7.80. The topological polar surface area (TPSA) is 23.5 Å². The van der Waals surface area contributed by atoms with Gasteiger partial charge in [-0.15, -0.1) is 0 Å². The highest BCUT2D eigenvalue weighted by atomic mass is 16.3. The van der Waals surface area contributed by atoms with Crippen LogP contribution < -0.4 is 0 Å². The molecular weight excluding hydrogens is 234 g/mol. The largest absolute Gasteiger partial charge is 0.393 e. The summed E-state index contributed by atoms with van der Waals surface area (Å²) in [5, 5.41) is 10.2. The van der Waals surface area contributed by atoms with Crippen LogP contribution in [0.15, 0.2) is 0 Å². The van der Waals surface area contributed by atoms with Crippen molar-refractivity contribution in [1.82, 2.24) is 4.90 Å². The quantitative estimate of drug-likeness (QED) is 0.826. The van der Waals surface area contributed by atoms with Gasteiger partial charge in [-0.1, -0.05) is 12.8 Å². The SMILES string of the molecule is OC1CCC2(CCCC2)C(N2CCCC2C2CC2)C1. The third kappa shape index (κ3) is 2.15. The molecule has 4 rings (SSSR count). The molecule has 0 radical (unpaired) electrons. The lowest BCUT2D eigenvalue weighted by molar-refractivity contribution is -0.0343. The second kappa shape index (κ2) is 4.73. The van der Waals surface area contributed by atoms with Crippen LogP contribution in [0.2, 0.25) is 0 Å². The molecule has 0 aromatic carbocycles. The summed E-state index contributed by atoms with van der Waals surface area (Å²) >= 11 is 0. The number of likely N-dealkylation sites (tertiary alicyclic amines) is 1. The Bertz CT molecular complexity index is 332. The molecule has 3 saturated carbocycles. The van der Waals surface area contributed by atoms with E-state index < -0.39 is 0 Å². The highest BCUT2D eigenvalue weighted by molar-refractivity contribution is 5.04. The summed E-state index contributed by atoms with van der Waals surface area (Å²) in [6.07, 6.45) is 15.0. The minimum Gasteiger partial charge on any atom is -0.393 e. The zero-order valence-corrected chi connectivity index (χ0v) is 12.2. The van der Waals surface area contributed by atoms with Crippen molar-refractivity contribution >= 4 is 0 Å². The summed E-state index contributed by atoms with van der Waals surface area (Å²) in [6, 6.07) is 1.60. The predicted molar refractivity (Wildman–Crippen MR) is 77.0 cm³/mol. The van der Waals surface area contributed by atoms with Gasteiger partial charge in [-0.3, -0.25) is 4.90 Å². The van der Waals surface area contributed by atoms with Crippen LogP contribution in [0.1, 0.15) is 70.6 Å². The third-order valence-electron chi connectivity index (χ3n) is 6.69. The molecule has 1 N–H and O–H groups in total. The average Bonchev–Trinajstić information content (AvgIpc) is 2.98. The second-order valence-electron chi connectivity index (χ2n) is 7.80. The van der Waals surface area contributed by atoms with Crippen LogP contribution in [-0.2, 0) is 0 Å². The fourth-order valence-electron chi connectivity index (χ4n) is 5.58. The van der Waals surface area contributed by atoms with Gasteiger partial charge in [0.05, 0.1) is 6.10 Å². The molecular formula is C17H29NO. The van der Waals surface area contributed by atoms with Crippen molar-refractivity contribution in [3.05, 3.63) is 0 Å². The summed E-state index contributed by atoms with van der Waals surface area (Å²) in [4.78, 5) is 2.88. The average molecular weight is 263 g/mol. The Morgan fingerprint density at radius 3 is 2.42 bits per heavy atom. The smallest absolute Gasteiger partial charge is 0.0555 e. The molecule has 1 heterocycles. The lowest BCUT2D eigenvalue weighted by atomic mass is 9.67. The van der Waals surface area contributed by atoms with E-state index in [1.54, 1.807) is 0 Å². The molecule has 2 nitrogen and oxygen atoms in total.